The highest BCUT2D eigenvalue weighted by Gasteiger charge is 2.09. The van der Waals surface area contributed by atoms with Crippen LogP contribution in [0.25, 0.3) is 0 Å². The Hall–Kier alpha value is -1.06. The van der Waals surface area contributed by atoms with E-state index in [2.05, 4.69) is 43.8 Å². The van der Waals surface area contributed by atoms with Crippen molar-refractivity contribution in [2.24, 2.45) is 0 Å². The first-order chi connectivity index (χ1) is 9.02. The smallest absolute Gasteiger partial charge is 0.118 e. The largest absolute Gasteiger partial charge is 0.465 e. The molecule has 19 heavy (non-hydrogen) atoms. The summed E-state index contributed by atoms with van der Waals surface area (Å²) in [7, 11) is 2.13. The fraction of sp³-hybridized carbons (Fsp3) is 0.625. The van der Waals surface area contributed by atoms with Gasteiger partial charge in [-0.15, -0.1) is 6.58 Å². The van der Waals surface area contributed by atoms with Crippen LogP contribution in [0.15, 0.2) is 23.1 Å². The van der Waals surface area contributed by atoms with Gasteiger partial charge in [0, 0.05) is 18.2 Å². The second kappa shape index (κ2) is 8.18. The summed E-state index contributed by atoms with van der Waals surface area (Å²) in [6, 6.07) is 2.67. The summed E-state index contributed by atoms with van der Waals surface area (Å²) in [5.41, 5.74) is 1.27. The quantitative estimate of drug-likeness (QED) is 0.547. The first-order valence-electron chi connectivity index (χ1n) is 7.14. The molecular weight excluding hydrogens is 236 g/mol. The van der Waals surface area contributed by atoms with Crippen LogP contribution in [0.4, 0.5) is 0 Å². The number of hydrogen-bond acceptors (Lipinski definition) is 3. The number of allylic oxidation sites excluding steroid dienone is 1. The maximum Gasteiger partial charge on any atom is 0.118 e. The van der Waals surface area contributed by atoms with Crippen molar-refractivity contribution < 1.29 is 4.42 Å². The fourth-order valence-corrected chi connectivity index (χ4v) is 2.01. The van der Waals surface area contributed by atoms with E-state index in [0.717, 1.165) is 44.0 Å². The Balaban J connectivity index is 2.45. The van der Waals surface area contributed by atoms with Gasteiger partial charge in [-0.25, -0.2) is 0 Å². The van der Waals surface area contributed by atoms with Crippen LogP contribution in [0.1, 0.15) is 43.8 Å². The molecule has 108 valence electrons. The van der Waals surface area contributed by atoms with Crippen LogP contribution in [0, 0.1) is 6.92 Å². The van der Waals surface area contributed by atoms with Gasteiger partial charge in [-0.2, -0.15) is 0 Å². The van der Waals surface area contributed by atoms with Gasteiger partial charge < -0.3 is 9.73 Å². The van der Waals surface area contributed by atoms with E-state index in [4.69, 9.17) is 4.42 Å². The van der Waals surface area contributed by atoms with Crippen molar-refractivity contribution in [3.05, 3.63) is 35.8 Å². The molecule has 0 bridgehead atoms. The molecule has 3 heteroatoms. The lowest BCUT2D eigenvalue weighted by Crippen LogP contribution is -2.21. The third kappa shape index (κ3) is 6.08. The summed E-state index contributed by atoms with van der Waals surface area (Å²) in [4.78, 5) is 2.29. The average Bonchev–Trinajstić information content (AvgIpc) is 2.67. The van der Waals surface area contributed by atoms with Crippen molar-refractivity contribution in [3.8, 4) is 0 Å². The molecule has 0 saturated carbocycles. The van der Waals surface area contributed by atoms with Crippen LogP contribution in [0.5, 0.6) is 0 Å². The van der Waals surface area contributed by atoms with Gasteiger partial charge in [0.25, 0.3) is 0 Å². The zero-order chi connectivity index (χ0) is 14.3. The summed E-state index contributed by atoms with van der Waals surface area (Å²) < 4.78 is 5.82. The van der Waals surface area contributed by atoms with E-state index in [1.165, 1.54) is 5.56 Å². The van der Waals surface area contributed by atoms with Gasteiger partial charge in [0.05, 0.1) is 6.54 Å². The molecule has 0 aliphatic heterocycles. The molecule has 3 nitrogen and oxygen atoms in total. The van der Waals surface area contributed by atoms with Crippen molar-refractivity contribution in [2.75, 3.05) is 13.6 Å². The fourth-order valence-electron chi connectivity index (χ4n) is 2.01. The van der Waals surface area contributed by atoms with Gasteiger partial charge in [0.15, 0.2) is 0 Å². The van der Waals surface area contributed by atoms with E-state index in [1.807, 2.05) is 13.0 Å². The third-order valence-electron chi connectivity index (χ3n) is 3.15. The Morgan fingerprint density at radius 1 is 1.47 bits per heavy atom. The van der Waals surface area contributed by atoms with Gasteiger partial charge in [0.1, 0.15) is 11.5 Å². The molecule has 0 atom stereocenters. The maximum absolute atomic E-state index is 5.82. The Morgan fingerprint density at radius 2 is 2.21 bits per heavy atom. The van der Waals surface area contributed by atoms with Crippen molar-refractivity contribution in [3.63, 3.8) is 0 Å². The molecule has 1 aromatic heterocycles. The highest BCUT2D eigenvalue weighted by molar-refractivity contribution is 5.20. The maximum atomic E-state index is 5.82. The lowest BCUT2D eigenvalue weighted by molar-refractivity contribution is 0.289. The molecule has 0 radical (unpaired) electrons. The summed E-state index contributed by atoms with van der Waals surface area (Å²) >= 11 is 0. The molecule has 0 aliphatic carbocycles. The number of hydrogen-bond donors (Lipinski definition) is 1. The Kier molecular flexibility index (Phi) is 6.89. The molecule has 1 heterocycles. The molecule has 0 spiro atoms. The zero-order valence-corrected chi connectivity index (χ0v) is 12.8. The number of rotatable bonds is 9. The minimum absolute atomic E-state index is 0.499. The van der Waals surface area contributed by atoms with Crippen molar-refractivity contribution in [1.82, 2.24) is 10.2 Å². The minimum atomic E-state index is 0.499. The second-order valence-electron chi connectivity index (χ2n) is 5.50. The highest BCUT2D eigenvalue weighted by Crippen LogP contribution is 2.16. The second-order valence-corrected chi connectivity index (χ2v) is 5.50. The van der Waals surface area contributed by atoms with E-state index >= 15 is 0 Å². The van der Waals surface area contributed by atoms with Crippen LogP contribution in [-0.4, -0.2) is 24.5 Å². The summed E-state index contributed by atoms with van der Waals surface area (Å²) in [6.07, 6.45) is 4.20. The predicted molar refractivity (Wildman–Crippen MR) is 81.2 cm³/mol. The monoisotopic (exact) mass is 264 g/mol. The van der Waals surface area contributed by atoms with E-state index < -0.39 is 0 Å². The molecule has 0 aliphatic rings. The zero-order valence-electron chi connectivity index (χ0n) is 12.8. The van der Waals surface area contributed by atoms with Crippen molar-refractivity contribution >= 4 is 0 Å². The number of nitrogens with zero attached hydrogens (tertiary/aromatic N) is 1. The number of unbranched alkanes of at least 4 members (excludes halogenated alkanes) is 1. The van der Waals surface area contributed by atoms with Gasteiger partial charge in [-0.3, -0.25) is 4.90 Å². The Morgan fingerprint density at radius 3 is 2.84 bits per heavy atom. The standard InChI is InChI=1S/C16H28N2O/c1-6-7-8-9-18(5)12-16-10-15(14(4)19-16)11-17-13(2)3/h6,10,13,17H,1,7-9,11-12H2,2-5H3. The van der Waals surface area contributed by atoms with Gasteiger partial charge in [-0.1, -0.05) is 19.9 Å². The third-order valence-corrected chi connectivity index (χ3v) is 3.15. The van der Waals surface area contributed by atoms with Crippen LogP contribution in [-0.2, 0) is 13.1 Å². The van der Waals surface area contributed by atoms with Crippen LogP contribution in [0.3, 0.4) is 0 Å². The van der Waals surface area contributed by atoms with Crippen molar-refractivity contribution in [1.29, 1.82) is 0 Å². The topological polar surface area (TPSA) is 28.4 Å². The number of furan rings is 1. The van der Waals surface area contributed by atoms with Gasteiger partial charge in [0.2, 0.25) is 0 Å². The lowest BCUT2D eigenvalue weighted by Gasteiger charge is -2.13. The molecule has 0 unspecified atom stereocenters. The van der Waals surface area contributed by atoms with E-state index in [1.54, 1.807) is 0 Å². The van der Waals surface area contributed by atoms with E-state index in [-0.39, 0.29) is 0 Å². The van der Waals surface area contributed by atoms with Gasteiger partial charge in [-0.05, 0) is 39.4 Å². The SMILES string of the molecule is C=CCCCN(C)Cc1cc(CNC(C)C)c(C)o1. The Bertz CT molecular complexity index is 382. The molecule has 0 amide bonds. The average molecular weight is 264 g/mol. The predicted octanol–water partition coefficient (Wildman–Crippen LogP) is 3.48. The lowest BCUT2D eigenvalue weighted by atomic mass is 10.2. The van der Waals surface area contributed by atoms with Crippen LogP contribution < -0.4 is 5.32 Å². The highest BCUT2D eigenvalue weighted by atomic mass is 16.3. The molecule has 0 aromatic carbocycles. The van der Waals surface area contributed by atoms with Crippen molar-refractivity contribution in [2.45, 2.75) is 52.7 Å². The molecule has 1 N–H and O–H groups in total. The first-order valence-corrected chi connectivity index (χ1v) is 7.14. The summed E-state index contributed by atoms with van der Waals surface area (Å²) in [6.45, 7) is 12.9. The Labute approximate surface area is 117 Å². The molecule has 0 fully saturated rings. The van der Waals surface area contributed by atoms with Gasteiger partial charge >= 0.3 is 0 Å². The van der Waals surface area contributed by atoms with E-state index in [0.29, 0.717) is 6.04 Å². The van der Waals surface area contributed by atoms with E-state index in [9.17, 15) is 0 Å². The first kappa shape index (κ1) is 16.0. The van der Waals surface area contributed by atoms with Crippen LogP contribution >= 0.6 is 0 Å². The molecule has 1 aromatic rings. The normalized spacial score (nSPS) is 11.5. The molecular formula is C16H28N2O. The summed E-state index contributed by atoms with van der Waals surface area (Å²) in [5.74, 6) is 2.09. The number of aryl methyl sites for hydroxylation is 1. The number of nitrogens with one attached hydrogen (secondary N) is 1. The molecule has 1 rings (SSSR count). The summed E-state index contributed by atoms with van der Waals surface area (Å²) in [5, 5.41) is 3.43. The molecule has 0 saturated heterocycles. The van der Waals surface area contributed by atoms with Crippen LogP contribution in [0.2, 0.25) is 0 Å². The minimum Gasteiger partial charge on any atom is -0.465 e.